The van der Waals surface area contributed by atoms with Crippen LogP contribution in [0.1, 0.15) is 5.69 Å². The molecular formula is C13H11ClN2O. The number of anilines is 1. The molecule has 17 heavy (non-hydrogen) atoms. The van der Waals surface area contributed by atoms with Gasteiger partial charge in [0, 0.05) is 16.3 Å². The number of carbonyl (C=O) groups excluding carboxylic acids is 1. The van der Waals surface area contributed by atoms with Gasteiger partial charge >= 0.3 is 0 Å². The standard InChI is InChI=1S/C13H11ClN2O/c1-8-2-5-12-10-4-3-9(14)6-11(10)15-13(17)7-16(8)12/h2-6H,7H2,1H3,(H,15,17). The van der Waals surface area contributed by atoms with Gasteiger partial charge in [0.15, 0.2) is 0 Å². The zero-order chi connectivity index (χ0) is 12.0. The molecule has 0 unspecified atom stereocenters. The number of benzene rings is 1. The van der Waals surface area contributed by atoms with E-state index in [0.717, 1.165) is 22.6 Å². The molecule has 86 valence electrons. The number of nitrogens with zero attached hydrogens (tertiary/aromatic N) is 1. The van der Waals surface area contributed by atoms with Gasteiger partial charge in [-0.15, -0.1) is 0 Å². The van der Waals surface area contributed by atoms with Gasteiger partial charge in [-0.25, -0.2) is 0 Å². The maximum atomic E-state index is 11.8. The molecule has 1 amide bonds. The lowest BCUT2D eigenvalue weighted by atomic mass is 10.1. The number of amides is 1. The van der Waals surface area contributed by atoms with Crippen molar-refractivity contribution in [3.05, 3.63) is 41.0 Å². The van der Waals surface area contributed by atoms with Crippen molar-refractivity contribution in [3.63, 3.8) is 0 Å². The number of rotatable bonds is 0. The van der Waals surface area contributed by atoms with Crippen molar-refractivity contribution >= 4 is 23.2 Å². The zero-order valence-electron chi connectivity index (χ0n) is 9.33. The van der Waals surface area contributed by atoms with Crippen LogP contribution >= 0.6 is 11.6 Å². The molecular weight excluding hydrogens is 236 g/mol. The van der Waals surface area contributed by atoms with Crippen LogP contribution in [0.5, 0.6) is 0 Å². The number of aryl methyl sites for hydroxylation is 1. The fraction of sp³-hybridized carbons (Fsp3) is 0.154. The molecule has 1 aliphatic heterocycles. The maximum Gasteiger partial charge on any atom is 0.244 e. The van der Waals surface area contributed by atoms with Crippen molar-refractivity contribution in [1.82, 2.24) is 4.57 Å². The lowest BCUT2D eigenvalue weighted by Crippen LogP contribution is -2.17. The Bertz CT molecular complexity index is 616. The van der Waals surface area contributed by atoms with Gasteiger partial charge in [0.2, 0.25) is 5.91 Å². The zero-order valence-corrected chi connectivity index (χ0v) is 10.1. The molecule has 1 aromatic carbocycles. The summed E-state index contributed by atoms with van der Waals surface area (Å²) in [5.41, 5.74) is 3.91. The van der Waals surface area contributed by atoms with Crippen molar-refractivity contribution < 1.29 is 4.79 Å². The molecule has 1 aromatic heterocycles. The summed E-state index contributed by atoms with van der Waals surface area (Å²) in [6, 6.07) is 9.61. The summed E-state index contributed by atoms with van der Waals surface area (Å²) < 4.78 is 2.01. The summed E-state index contributed by atoms with van der Waals surface area (Å²) in [6.07, 6.45) is 0. The van der Waals surface area contributed by atoms with Crippen LogP contribution in [0, 0.1) is 6.92 Å². The molecule has 0 radical (unpaired) electrons. The molecule has 1 N–H and O–H groups in total. The molecule has 0 aliphatic carbocycles. The fourth-order valence-electron chi connectivity index (χ4n) is 2.19. The Balaban J connectivity index is 2.29. The molecule has 0 bridgehead atoms. The number of fused-ring (bicyclic) bond motifs is 3. The molecule has 0 atom stereocenters. The number of aromatic nitrogens is 1. The normalized spacial score (nSPS) is 13.6. The Labute approximate surface area is 104 Å². The van der Waals surface area contributed by atoms with Crippen LogP contribution in [0.25, 0.3) is 11.3 Å². The van der Waals surface area contributed by atoms with E-state index in [4.69, 9.17) is 11.6 Å². The summed E-state index contributed by atoms with van der Waals surface area (Å²) in [5, 5.41) is 3.50. The summed E-state index contributed by atoms with van der Waals surface area (Å²) in [5.74, 6) is -0.0217. The molecule has 0 fully saturated rings. The van der Waals surface area contributed by atoms with Crippen molar-refractivity contribution in [1.29, 1.82) is 0 Å². The van der Waals surface area contributed by atoms with E-state index in [9.17, 15) is 4.79 Å². The molecule has 3 nitrogen and oxygen atoms in total. The van der Waals surface area contributed by atoms with Crippen LogP contribution in [0.3, 0.4) is 0 Å². The Morgan fingerprint density at radius 3 is 2.94 bits per heavy atom. The van der Waals surface area contributed by atoms with Crippen LogP contribution in [-0.4, -0.2) is 10.5 Å². The van der Waals surface area contributed by atoms with Crippen molar-refractivity contribution in [2.75, 3.05) is 5.32 Å². The van der Waals surface area contributed by atoms with Crippen LogP contribution in [0.2, 0.25) is 5.02 Å². The molecule has 3 rings (SSSR count). The van der Waals surface area contributed by atoms with Crippen molar-refractivity contribution in [2.24, 2.45) is 0 Å². The number of carbonyl (C=O) groups is 1. The second-order valence-electron chi connectivity index (χ2n) is 4.18. The van der Waals surface area contributed by atoms with Gasteiger partial charge in [0.25, 0.3) is 0 Å². The Kier molecular flexibility index (Phi) is 2.23. The number of halogens is 1. The van der Waals surface area contributed by atoms with E-state index < -0.39 is 0 Å². The lowest BCUT2D eigenvalue weighted by molar-refractivity contribution is -0.116. The highest BCUT2D eigenvalue weighted by molar-refractivity contribution is 6.31. The molecule has 1 aliphatic rings. The van der Waals surface area contributed by atoms with Crippen LogP contribution < -0.4 is 5.32 Å². The van der Waals surface area contributed by atoms with Crippen molar-refractivity contribution in [2.45, 2.75) is 13.5 Å². The van der Waals surface area contributed by atoms with Gasteiger partial charge < -0.3 is 9.88 Å². The van der Waals surface area contributed by atoms with Crippen LogP contribution in [0.15, 0.2) is 30.3 Å². The van der Waals surface area contributed by atoms with E-state index in [1.54, 1.807) is 6.07 Å². The minimum atomic E-state index is -0.0217. The summed E-state index contributed by atoms with van der Waals surface area (Å²) in [6.45, 7) is 2.35. The number of hydrogen-bond acceptors (Lipinski definition) is 1. The number of hydrogen-bond donors (Lipinski definition) is 1. The van der Waals surface area contributed by atoms with E-state index in [0.29, 0.717) is 11.6 Å². The van der Waals surface area contributed by atoms with Crippen LogP contribution in [0.4, 0.5) is 5.69 Å². The average Bonchev–Trinajstić information content (AvgIpc) is 2.56. The first-order chi connectivity index (χ1) is 8.15. The Morgan fingerprint density at radius 2 is 2.12 bits per heavy atom. The van der Waals surface area contributed by atoms with Gasteiger partial charge in [0.1, 0.15) is 6.54 Å². The first-order valence-corrected chi connectivity index (χ1v) is 5.79. The molecule has 0 saturated carbocycles. The minimum absolute atomic E-state index is 0.0217. The van der Waals surface area contributed by atoms with Gasteiger partial charge in [-0.1, -0.05) is 11.6 Å². The largest absolute Gasteiger partial charge is 0.335 e. The first-order valence-electron chi connectivity index (χ1n) is 5.41. The number of nitrogens with one attached hydrogen (secondary N) is 1. The van der Waals surface area contributed by atoms with E-state index >= 15 is 0 Å². The van der Waals surface area contributed by atoms with Crippen molar-refractivity contribution in [3.8, 4) is 11.3 Å². The third-order valence-electron chi connectivity index (χ3n) is 3.03. The average molecular weight is 247 g/mol. The van der Waals surface area contributed by atoms with E-state index in [1.165, 1.54) is 0 Å². The summed E-state index contributed by atoms with van der Waals surface area (Å²) in [4.78, 5) is 11.8. The molecule has 4 heteroatoms. The Hall–Kier alpha value is -1.74. The topological polar surface area (TPSA) is 34.0 Å². The smallest absolute Gasteiger partial charge is 0.244 e. The lowest BCUT2D eigenvalue weighted by Gasteiger charge is -2.07. The van der Waals surface area contributed by atoms with Gasteiger partial charge in [-0.3, -0.25) is 4.79 Å². The Morgan fingerprint density at radius 1 is 1.29 bits per heavy atom. The van der Waals surface area contributed by atoms with Gasteiger partial charge in [-0.05, 0) is 37.3 Å². The van der Waals surface area contributed by atoms with E-state index in [1.807, 2.05) is 35.8 Å². The summed E-state index contributed by atoms with van der Waals surface area (Å²) in [7, 11) is 0. The SMILES string of the molecule is Cc1ccc2n1CC(=O)Nc1cc(Cl)ccc1-2. The molecule has 2 heterocycles. The summed E-state index contributed by atoms with van der Waals surface area (Å²) >= 11 is 5.95. The van der Waals surface area contributed by atoms with Gasteiger partial charge in [0.05, 0.1) is 11.4 Å². The fourth-order valence-corrected chi connectivity index (χ4v) is 2.36. The monoisotopic (exact) mass is 246 g/mol. The molecule has 0 spiro atoms. The predicted octanol–water partition coefficient (Wildman–Crippen LogP) is 3.07. The third kappa shape index (κ3) is 1.63. The second-order valence-corrected chi connectivity index (χ2v) is 4.62. The van der Waals surface area contributed by atoms with E-state index in [-0.39, 0.29) is 5.91 Å². The highest BCUT2D eigenvalue weighted by Gasteiger charge is 2.19. The first kappa shape index (κ1) is 10.4. The molecule has 0 saturated heterocycles. The maximum absolute atomic E-state index is 11.8. The van der Waals surface area contributed by atoms with E-state index in [2.05, 4.69) is 5.32 Å². The highest BCUT2D eigenvalue weighted by atomic mass is 35.5. The minimum Gasteiger partial charge on any atom is -0.335 e. The predicted molar refractivity (Wildman–Crippen MR) is 68.2 cm³/mol. The highest BCUT2D eigenvalue weighted by Crippen LogP contribution is 2.33. The third-order valence-corrected chi connectivity index (χ3v) is 3.27. The molecule has 2 aromatic rings. The van der Waals surface area contributed by atoms with Crippen LogP contribution in [-0.2, 0) is 11.3 Å². The second kappa shape index (κ2) is 3.64. The quantitative estimate of drug-likeness (QED) is 0.762. The van der Waals surface area contributed by atoms with Gasteiger partial charge in [-0.2, -0.15) is 0 Å².